The lowest BCUT2D eigenvalue weighted by atomic mass is 10.1. The third-order valence-corrected chi connectivity index (χ3v) is 2.14. The van der Waals surface area contributed by atoms with Gasteiger partial charge < -0.3 is 5.32 Å². The number of halogens is 1. The summed E-state index contributed by atoms with van der Waals surface area (Å²) in [5, 5.41) is 2.64. The van der Waals surface area contributed by atoms with Gasteiger partial charge in [-0.2, -0.15) is 0 Å². The minimum atomic E-state index is -0.486. The van der Waals surface area contributed by atoms with Gasteiger partial charge in [0.25, 0.3) is 5.91 Å². The number of nitrogens with one attached hydrogen (secondary N) is 1. The summed E-state index contributed by atoms with van der Waals surface area (Å²) in [7, 11) is 0. The van der Waals surface area contributed by atoms with Crippen molar-refractivity contribution < 1.29 is 9.18 Å². The Morgan fingerprint density at radius 3 is 2.75 bits per heavy atom. The highest BCUT2D eigenvalue weighted by atomic mass is 19.1. The van der Waals surface area contributed by atoms with Gasteiger partial charge in [-0.1, -0.05) is 23.3 Å². The Hall–Kier alpha value is -1.64. The third kappa shape index (κ3) is 3.50. The summed E-state index contributed by atoms with van der Waals surface area (Å²) in [6.07, 6.45) is 1.88. The molecule has 1 aromatic carbocycles. The average Bonchev–Trinajstić information content (AvgIpc) is 2.21. The molecule has 0 spiro atoms. The molecule has 3 heteroatoms. The van der Waals surface area contributed by atoms with E-state index in [9.17, 15) is 9.18 Å². The van der Waals surface area contributed by atoms with Crippen LogP contribution < -0.4 is 5.32 Å². The number of hydrogen-bond donors (Lipinski definition) is 1. The van der Waals surface area contributed by atoms with Gasteiger partial charge in [0.1, 0.15) is 5.82 Å². The molecular formula is C13H16FNO. The van der Waals surface area contributed by atoms with Crippen LogP contribution in [0.15, 0.2) is 29.8 Å². The minimum Gasteiger partial charge on any atom is -0.348 e. The van der Waals surface area contributed by atoms with E-state index in [1.807, 2.05) is 26.8 Å². The molecule has 0 aliphatic carbocycles. The zero-order valence-electron chi connectivity index (χ0n) is 9.80. The maximum atomic E-state index is 13.3. The second-order valence-electron chi connectivity index (χ2n) is 3.97. The summed E-state index contributed by atoms with van der Waals surface area (Å²) in [5.41, 5.74) is 2.08. The molecule has 0 fully saturated rings. The van der Waals surface area contributed by atoms with Gasteiger partial charge in [0.15, 0.2) is 0 Å². The van der Waals surface area contributed by atoms with Crippen LogP contribution in [0, 0.1) is 12.7 Å². The topological polar surface area (TPSA) is 29.1 Å². The van der Waals surface area contributed by atoms with Crippen molar-refractivity contribution in [3.63, 3.8) is 0 Å². The molecule has 16 heavy (non-hydrogen) atoms. The van der Waals surface area contributed by atoms with Crippen molar-refractivity contribution in [2.24, 2.45) is 0 Å². The first-order valence-electron chi connectivity index (χ1n) is 5.18. The fraction of sp³-hybridized carbons (Fsp3) is 0.308. The van der Waals surface area contributed by atoms with Crippen molar-refractivity contribution in [3.8, 4) is 0 Å². The number of carbonyl (C=O) groups excluding carboxylic acids is 1. The zero-order chi connectivity index (χ0) is 12.1. The number of aryl methyl sites for hydroxylation is 1. The van der Waals surface area contributed by atoms with Crippen LogP contribution in [0.25, 0.3) is 0 Å². The Morgan fingerprint density at radius 1 is 1.44 bits per heavy atom. The fourth-order valence-corrected chi connectivity index (χ4v) is 1.26. The molecule has 1 rings (SSSR count). The smallest absolute Gasteiger partial charge is 0.254 e. The van der Waals surface area contributed by atoms with Crippen molar-refractivity contribution in [1.29, 1.82) is 0 Å². The van der Waals surface area contributed by atoms with Gasteiger partial charge in [-0.15, -0.1) is 0 Å². The normalized spacial score (nSPS) is 9.75. The molecule has 0 bridgehead atoms. The van der Waals surface area contributed by atoms with E-state index in [4.69, 9.17) is 0 Å². The summed E-state index contributed by atoms with van der Waals surface area (Å²) in [6.45, 7) is 6.14. The second-order valence-corrected chi connectivity index (χ2v) is 3.97. The van der Waals surface area contributed by atoms with Crippen molar-refractivity contribution >= 4 is 5.91 Å². The Labute approximate surface area is 95.2 Å². The van der Waals surface area contributed by atoms with Gasteiger partial charge in [0.05, 0.1) is 5.56 Å². The van der Waals surface area contributed by atoms with Crippen LogP contribution in [0.1, 0.15) is 29.8 Å². The van der Waals surface area contributed by atoms with Crippen LogP contribution in [-0.2, 0) is 0 Å². The highest BCUT2D eigenvalue weighted by Crippen LogP contribution is 2.09. The van der Waals surface area contributed by atoms with E-state index in [0.717, 1.165) is 11.1 Å². The quantitative estimate of drug-likeness (QED) is 0.781. The van der Waals surface area contributed by atoms with Gasteiger partial charge in [0, 0.05) is 6.54 Å². The first-order chi connectivity index (χ1) is 7.50. The van der Waals surface area contributed by atoms with E-state index in [2.05, 4.69) is 5.32 Å². The van der Waals surface area contributed by atoms with Crippen LogP contribution >= 0.6 is 0 Å². The fourth-order valence-electron chi connectivity index (χ4n) is 1.26. The Morgan fingerprint density at radius 2 is 2.12 bits per heavy atom. The Kier molecular flexibility index (Phi) is 4.23. The summed E-state index contributed by atoms with van der Waals surface area (Å²) in [5.74, 6) is -0.862. The molecule has 86 valence electrons. The lowest BCUT2D eigenvalue weighted by molar-refractivity contribution is 0.0954. The van der Waals surface area contributed by atoms with Crippen LogP contribution in [0.3, 0.4) is 0 Å². The van der Waals surface area contributed by atoms with Crippen molar-refractivity contribution in [2.75, 3.05) is 6.54 Å². The molecule has 0 saturated heterocycles. The lowest BCUT2D eigenvalue weighted by Crippen LogP contribution is -2.24. The van der Waals surface area contributed by atoms with Crippen molar-refractivity contribution in [3.05, 3.63) is 46.8 Å². The SMILES string of the molecule is CC(C)=CCNC(=O)c1cc(C)ccc1F. The second kappa shape index (κ2) is 5.45. The molecule has 0 heterocycles. The number of hydrogen-bond acceptors (Lipinski definition) is 1. The highest BCUT2D eigenvalue weighted by Gasteiger charge is 2.10. The van der Waals surface area contributed by atoms with Crippen LogP contribution in [-0.4, -0.2) is 12.5 Å². The molecule has 0 radical (unpaired) electrons. The number of amides is 1. The largest absolute Gasteiger partial charge is 0.348 e. The molecule has 1 amide bonds. The predicted octanol–water partition coefficient (Wildman–Crippen LogP) is 2.83. The number of rotatable bonds is 3. The van der Waals surface area contributed by atoms with Gasteiger partial charge in [0.2, 0.25) is 0 Å². The molecule has 0 aliphatic heterocycles. The minimum absolute atomic E-state index is 0.0992. The number of benzene rings is 1. The summed E-state index contributed by atoms with van der Waals surface area (Å²) in [6, 6.07) is 4.50. The molecule has 0 unspecified atom stereocenters. The van der Waals surface area contributed by atoms with Crippen molar-refractivity contribution in [1.82, 2.24) is 5.32 Å². The molecule has 1 aromatic rings. The van der Waals surface area contributed by atoms with E-state index in [1.165, 1.54) is 6.07 Å². The Balaban J connectivity index is 2.73. The van der Waals surface area contributed by atoms with E-state index in [-0.39, 0.29) is 11.5 Å². The van der Waals surface area contributed by atoms with Gasteiger partial charge in [-0.05, 0) is 32.9 Å². The molecular weight excluding hydrogens is 205 g/mol. The molecule has 0 atom stereocenters. The van der Waals surface area contributed by atoms with Crippen LogP contribution in [0.4, 0.5) is 4.39 Å². The predicted molar refractivity (Wildman–Crippen MR) is 62.9 cm³/mol. The number of allylic oxidation sites excluding steroid dienone is 1. The van der Waals surface area contributed by atoms with E-state index in [0.29, 0.717) is 6.54 Å². The Bertz CT molecular complexity index is 420. The standard InChI is InChI=1S/C13H16FNO/c1-9(2)6-7-15-13(16)11-8-10(3)4-5-12(11)14/h4-6,8H,7H2,1-3H3,(H,15,16). The van der Waals surface area contributed by atoms with E-state index < -0.39 is 5.82 Å². The summed E-state index contributed by atoms with van der Waals surface area (Å²) in [4.78, 5) is 11.6. The monoisotopic (exact) mass is 221 g/mol. The first-order valence-corrected chi connectivity index (χ1v) is 5.18. The van der Waals surface area contributed by atoms with E-state index in [1.54, 1.807) is 12.1 Å². The summed E-state index contributed by atoms with van der Waals surface area (Å²) >= 11 is 0. The molecule has 0 saturated carbocycles. The first kappa shape index (κ1) is 12.4. The third-order valence-electron chi connectivity index (χ3n) is 2.14. The molecule has 2 nitrogen and oxygen atoms in total. The van der Waals surface area contributed by atoms with Gasteiger partial charge in [-0.25, -0.2) is 4.39 Å². The van der Waals surface area contributed by atoms with Crippen LogP contribution in [0.5, 0.6) is 0 Å². The van der Waals surface area contributed by atoms with Gasteiger partial charge in [-0.3, -0.25) is 4.79 Å². The maximum absolute atomic E-state index is 13.3. The highest BCUT2D eigenvalue weighted by molar-refractivity contribution is 5.94. The molecule has 0 aromatic heterocycles. The van der Waals surface area contributed by atoms with Crippen LogP contribution in [0.2, 0.25) is 0 Å². The van der Waals surface area contributed by atoms with Crippen molar-refractivity contribution in [2.45, 2.75) is 20.8 Å². The molecule has 0 aliphatic rings. The summed E-state index contributed by atoms with van der Waals surface area (Å²) < 4.78 is 13.3. The van der Waals surface area contributed by atoms with E-state index >= 15 is 0 Å². The maximum Gasteiger partial charge on any atom is 0.254 e. The molecule has 1 N–H and O–H groups in total. The number of carbonyl (C=O) groups is 1. The lowest BCUT2D eigenvalue weighted by Gasteiger charge is -2.05. The zero-order valence-corrected chi connectivity index (χ0v) is 9.80. The van der Waals surface area contributed by atoms with Gasteiger partial charge >= 0.3 is 0 Å². The average molecular weight is 221 g/mol.